The van der Waals surface area contributed by atoms with Crippen LogP contribution in [0.5, 0.6) is 0 Å². The minimum Gasteiger partial charge on any atom is -0.378 e. The molecule has 0 aromatic heterocycles. The van der Waals surface area contributed by atoms with Gasteiger partial charge >= 0.3 is 0 Å². The second-order valence-electron chi connectivity index (χ2n) is 4.27. The van der Waals surface area contributed by atoms with Crippen LogP contribution in [0.2, 0.25) is 0 Å². The van der Waals surface area contributed by atoms with Gasteiger partial charge in [0.15, 0.2) is 5.78 Å². The van der Waals surface area contributed by atoms with Crippen LogP contribution >= 0.6 is 0 Å². The van der Waals surface area contributed by atoms with Crippen molar-refractivity contribution in [1.29, 1.82) is 0 Å². The first kappa shape index (κ1) is 10.8. The molecule has 0 radical (unpaired) electrons. The Balaban J connectivity index is 1.95. The van der Waals surface area contributed by atoms with Gasteiger partial charge < -0.3 is 10.1 Å². The maximum Gasteiger partial charge on any atom is 0.177 e. The van der Waals surface area contributed by atoms with Crippen molar-refractivity contribution in [1.82, 2.24) is 5.32 Å². The average molecular weight is 209 g/mol. The number of hydrogen-bond donors (Lipinski definition) is 1. The molecule has 0 aromatic carbocycles. The number of morpholine rings is 1. The van der Waals surface area contributed by atoms with Crippen molar-refractivity contribution in [2.24, 2.45) is 0 Å². The van der Waals surface area contributed by atoms with E-state index in [0.717, 1.165) is 38.0 Å². The standard InChI is InChI=1S/C12H19NO2/c14-12(11-9-15-8-7-13-11)10-5-3-1-2-4-6-10/h5,11,13H,1-4,6-9H2. The van der Waals surface area contributed by atoms with Crippen LogP contribution in [0.3, 0.4) is 0 Å². The van der Waals surface area contributed by atoms with Crippen LogP contribution in [0.4, 0.5) is 0 Å². The van der Waals surface area contributed by atoms with Crippen LogP contribution in [0.1, 0.15) is 32.1 Å². The van der Waals surface area contributed by atoms with Gasteiger partial charge in [0, 0.05) is 6.54 Å². The number of carbonyl (C=O) groups excluding carboxylic acids is 1. The van der Waals surface area contributed by atoms with E-state index < -0.39 is 0 Å². The number of hydrogen-bond acceptors (Lipinski definition) is 3. The van der Waals surface area contributed by atoms with Crippen LogP contribution in [-0.2, 0) is 9.53 Å². The predicted molar refractivity (Wildman–Crippen MR) is 58.8 cm³/mol. The maximum absolute atomic E-state index is 12.1. The van der Waals surface area contributed by atoms with Gasteiger partial charge in [-0.1, -0.05) is 12.5 Å². The van der Waals surface area contributed by atoms with Gasteiger partial charge in [-0.2, -0.15) is 0 Å². The second-order valence-corrected chi connectivity index (χ2v) is 4.27. The van der Waals surface area contributed by atoms with E-state index in [0.29, 0.717) is 6.61 Å². The molecule has 1 atom stereocenters. The average Bonchev–Trinajstić information content (AvgIpc) is 2.58. The number of ketones is 1. The largest absolute Gasteiger partial charge is 0.378 e. The van der Waals surface area contributed by atoms with Gasteiger partial charge in [-0.3, -0.25) is 4.79 Å². The molecular weight excluding hydrogens is 190 g/mol. The Morgan fingerprint density at radius 1 is 1.40 bits per heavy atom. The fourth-order valence-corrected chi connectivity index (χ4v) is 2.20. The van der Waals surface area contributed by atoms with Crippen molar-refractivity contribution in [2.45, 2.75) is 38.1 Å². The Kier molecular flexibility index (Phi) is 3.92. The van der Waals surface area contributed by atoms with E-state index >= 15 is 0 Å². The van der Waals surface area contributed by atoms with Gasteiger partial charge in [-0.05, 0) is 31.3 Å². The molecule has 0 spiro atoms. The van der Waals surface area contributed by atoms with Crippen molar-refractivity contribution in [2.75, 3.05) is 19.8 Å². The molecule has 84 valence electrons. The number of rotatable bonds is 2. The Hall–Kier alpha value is -0.670. The molecule has 3 nitrogen and oxygen atoms in total. The lowest BCUT2D eigenvalue weighted by molar-refractivity contribution is -0.120. The molecule has 0 bridgehead atoms. The molecule has 0 aromatic rings. The Bertz CT molecular complexity index is 254. The van der Waals surface area contributed by atoms with Gasteiger partial charge in [-0.15, -0.1) is 0 Å². The minimum absolute atomic E-state index is 0.0944. The molecule has 1 heterocycles. The summed E-state index contributed by atoms with van der Waals surface area (Å²) in [6.45, 7) is 2.06. The summed E-state index contributed by atoms with van der Waals surface area (Å²) in [7, 11) is 0. The van der Waals surface area contributed by atoms with Crippen LogP contribution in [0, 0.1) is 0 Å². The van der Waals surface area contributed by atoms with Gasteiger partial charge in [0.2, 0.25) is 0 Å². The van der Waals surface area contributed by atoms with Crippen LogP contribution in [-0.4, -0.2) is 31.6 Å². The normalized spacial score (nSPS) is 28.0. The van der Waals surface area contributed by atoms with E-state index in [1.54, 1.807) is 0 Å². The third kappa shape index (κ3) is 2.89. The zero-order valence-electron chi connectivity index (χ0n) is 9.13. The van der Waals surface area contributed by atoms with Crippen molar-refractivity contribution < 1.29 is 9.53 Å². The first-order valence-corrected chi connectivity index (χ1v) is 5.92. The highest BCUT2D eigenvalue weighted by Crippen LogP contribution is 2.19. The molecule has 1 fully saturated rings. The summed E-state index contributed by atoms with van der Waals surface area (Å²) in [4.78, 5) is 12.1. The molecular formula is C12H19NO2. The molecule has 15 heavy (non-hydrogen) atoms. The number of ether oxygens (including phenoxy) is 1. The molecule has 1 N–H and O–H groups in total. The lowest BCUT2D eigenvalue weighted by Crippen LogP contribution is -2.47. The summed E-state index contributed by atoms with van der Waals surface area (Å²) < 4.78 is 5.31. The van der Waals surface area contributed by atoms with Gasteiger partial charge in [0.1, 0.15) is 0 Å². The molecule has 3 heteroatoms. The fraction of sp³-hybridized carbons (Fsp3) is 0.750. The second kappa shape index (κ2) is 5.42. The molecule has 2 aliphatic rings. The summed E-state index contributed by atoms with van der Waals surface area (Å²) in [6.07, 6.45) is 7.79. The molecule has 0 saturated carbocycles. The van der Waals surface area contributed by atoms with Gasteiger partial charge in [0.25, 0.3) is 0 Å². The minimum atomic E-state index is -0.0944. The summed E-state index contributed by atoms with van der Waals surface area (Å²) in [6, 6.07) is -0.0944. The summed E-state index contributed by atoms with van der Waals surface area (Å²) in [5.74, 6) is 0.261. The number of nitrogens with one attached hydrogen (secondary N) is 1. The molecule has 0 amide bonds. The van der Waals surface area contributed by atoms with Crippen molar-refractivity contribution in [3.8, 4) is 0 Å². The lowest BCUT2D eigenvalue weighted by atomic mass is 10.00. The van der Waals surface area contributed by atoms with E-state index in [9.17, 15) is 4.79 Å². The van der Waals surface area contributed by atoms with E-state index in [1.165, 1.54) is 12.8 Å². The van der Waals surface area contributed by atoms with Gasteiger partial charge in [-0.25, -0.2) is 0 Å². The van der Waals surface area contributed by atoms with Crippen LogP contribution in [0.25, 0.3) is 0 Å². The molecule has 1 aliphatic heterocycles. The van der Waals surface area contributed by atoms with E-state index in [2.05, 4.69) is 11.4 Å². The van der Waals surface area contributed by atoms with Crippen LogP contribution in [0.15, 0.2) is 11.6 Å². The first-order chi connectivity index (χ1) is 7.38. The van der Waals surface area contributed by atoms with Crippen molar-refractivity contribution in [3.05, 3.63) is 11.6 Å². The topological polar surface area (TPSA) is 38.3 Å². The van der Waals surface area contributed by atoms with E-state index in [1.807, 2.05) is 0 Å². The quantitative estimate of drug-likeness (QED) is 0.747. The third-order valence-corrected chi connectivity index (χ3v) is 3.10. The van der Waals surface area contributed by atoms with E-state index in [4.69, 9.17) is 4.74 Å². The Morgan fingerprint density at radius 3 is 3.13 bits per heavy atom. The number of allylic oxidation sites excluding steroid dienone is 1. The molecule has 1 unspecified atom stereocenters. The number of Topliss-reactive ketones (excluding diaryl/α,β-unsaturated/α-hetero) is 1. The SMILES string of the molecule is O=C(C1=CCCCCC1)C1COCCN1. The Morgan fingerprint density at radius 2 is 2.33 bits per heavy atom. The zero-order chi connectivity index (χ0) is 10.5. The fourth-order valence-electron chi connectivity index (χ4n) is 2.20. The third-order valence-electron chi connectivity index (χ3n) is 3.10. The van der Waals surface area contributed by atoms with Crippen LogP contribution < -0.4 is 5.32 Å². The highest BCUT2D eigenvalue weighted by molar-refractivity contribution is 5.99. The predicted octanol–water partition coefficient (Wildman–Crippen LogP) is 1.43. The van der Waals surface area contributed by atoms with E-state index in [-0.39, 0.29) is 11.8 Å². The Labute approximate surface area is 90.9 Å². The lowest BCUT2D eigenvalue weighted by Gasteiger charge is -2.23. The summed E-state index contributed by atoms with van der Waals surface area (Å²) in [5.41, 5.74) is 1.02. The molecule has 2 rings (SSSR count). The smallest absolute Gasteiger partial charge is 0.177 e. The molecule has 1 saturated heterocycles. The van der Waals surface area contributed by atoms with Gasteiger partial charge in [0.05, 0.1) is 19.3 Å². The van der Waals surface area contributed by atoms with Crippen molar-refractivity contribution >= 4 is 5.78 Å². The first-order valence-electron chi connectivity index (χ1n) is 5.92. The molecule has 1 aliphatic carbocycles. The maximum atomic E-state index is 12.1. The monoisotopic (exact) mass is 209 g/mol. The van der Waals surface area contributed by atoms with Crippen molar-refractivity contribution in [3.63, 3.8) is 0 Å². The summed E-state index contributed by atoms with van der Waals surface area (Å²) in [5, 5.41) is 3.22. The highest BCUT2D eigenvalue weighted by atomic mass is 16.5. The summed E-state index contributed by atoms with van der Waals surface area (Å²) >= 11 is 0. The zero-order valence-corrected chi connectivity index (χ0v) is 9.13. The number of carbonyl (C=O) groups is 1. The highest BCUT2D eigenvalue weighted by Gasteiger charge is 2.24.